The highest BCUT2D eigenvalue weighted by Gasteiger charge is 2.30. The summed E-state index contributed by atoms with van der Waals surface area (Å²) in [4.78, 5) is 68.3. The van der Waals surface area contributed by atoms with E-state index in [1.54, 1.807) is 90.7 Å². The summed E-state index contributed by atoms with van der Waals surface area (Å²) >= 11 is 2.53. The van der Waals surface area contributed by atoms with Gasteiger partial charge in [-0.1, -0.05) is 66.7 Å². The van der Waals surface area contributed by atoms with E-state index in [-0.39, 0.29) is 29.9 Å². The first-order valence-electron chi connectivity index (χ1n) is 17.9. The van der Waals surface area contributed by atoms with Crippen LogP contribution in [0.3, 0.4) is 0 Å². The molecule has 5 aromatic rings. The number of rotatable bonds is 14. The molecule has 1 aliphatic heterocycles. The highest BCUT2D eigenvalue weighted by molar-refractivity contribution is 8.00. The number of carbonyl (C=O) groups excluding carboxylic acids is 5. The maximum atomic E-state index is 13.7. The third kappa shape index (κ3) is 10.5. The molecule has 0 saturated heterocycles. The molecule has 2 heterocycles. The Morgan fingerprint density at radius 1 is 0.875 bits per heavy atom. The van der Waals surface area contributed by atoms with E-state index in [1.165, 1.54) is 30.0 Å². The van der Waals surface area contributed by atoms with Crippen molar-refractivity contribution in [2.75, 3.05) is 29.5 Å². The molecule has 0 fully saturated rings. The maximum absolute atomic E-state index is 13.7. The molecule has 1 aliphatic rings. The lowest BCUT2D eigenvalue weighted by Crippen LogP contribution is -2.34. The highest BCUT2D eigenvalue weighted by Crippen LogP contribution is 2.38. The van der Waals surface area contributed by atoms with Crippen LogP contribution < -0.4 is 20.7 Å². The average molecular weight is 789 g/mol. The second-order valence-corrected chi connectivity index (χ2v) is 14.8. The molecule has 0 atom stereocenters. The van der Waals surface area contributed by atoms with Gasteiger partial charge >= 0.3 is 5.97 Å². The molecule has 4 aromatic carbocycles. The first kappa shape index (κ1) is 39.5. The predicted octanol–water partition coefficient (Wildman–Crippen LogP) is 7.55. The van der Waals surface area contributed by atoms with Gasteiger partial charge < -0.3 is 30.3 Å². The van der Waals surface area contributed by atoms with E-state index in [0.29, 0.717) is 64.1 Å². The molecule has 4 amide bonds. The molecule has 3 N–H and O–H groups in total. The molecule has 0 unspecified atom stereocenters. The zero-order valence-electron chi connectivity index (χ0n) is 30.8. The van der Waals surface area contributed by atoms with Crippen LogP contribution in [0.15, 0.2) is 120 Å². The Hall–Kier alpha value is -6.18. The number of ether oxygens (including phenoxy) is 2. The molecule has 1 aromatic heterocycles. The Kier molecular flexibility index (Phi) is 13.3. The first-order chi connectivity index (χ1) is 27.2. The molecule has 0 aliphatic carbocycles. The summed E-state index contributed by atoms with van der Waals surface area (Å²) in [7, 11) is 0. The van der Waals surface area contributed by atoms with Crippen LogP contribution in [0.25, 0.3) is 6.08 Å². The van der Waals surface area contributed by atoms with Crippen LogP contribution >= 0.6 is 23.1 Å². The number of amides is 4. The molecule has 0 radical (unpaired) electrons. The minimum absolute atomic E-state index is 0.0190. The topological polar surface area (TPSA) is 143 Å². The van der Waals surface area contributed by atoms with Crippen molar-refractivity contribution in [1.29, 1.82) is 0 Å². The van der Waals surface area contributed by atoms with Crippen molar-refractivity contribution in [2.45, 2.75) is 38.3 Å². The number of hydrogen-bond donors (Lipinski definition) is 3. The normalized spacial score (nSPS) is 12.2. The molecule has 11 nitrogen and oxygen atoms in total. The van der Waals surface area contributed by atoms with Gasteiger partial charge in [-0.25, -0.2) is 4.79 Å². The van der Waals surface area contributed by atoms with E-state index in [9.17, 15) is 24.0 Å². The summed E-state index contributed by atoms with van der Waals surface area (Å²) < 4.78 is 11.2. The van der Waals surface area contributed by atoms with Crippen molar-refractivity contribution in [1.82, 2.24) is 10.2 Å². The maximum Gasteiger partial charge on any atom is 0.341 e. The summed E-state index contributed by atoms with van der Waals surface area (Å²) in [5, 5.41) is 8.91. The first-order valence-corrected chi connectivity index (χ1v) is 19.7. The van der Waals surface area contributed by atoms with Gasteiger partial charge in [0.1, 0.15) is 23.1 Å². The third-order valence-corrected chi connectivity index (χ3v) is 10.8. The highest BCUT2D eigenvalue weighted by atomic mass is 32.2. The minimum Gasteiger partial charge on any atom is -0.489 e. The van der Waals surface area contributed by atoms with Crippen LogP contribution in [0.5, 0.6) is 5.75 Å². The number of benzene rings is 4. The monoisotopic (exact) mass is 788 g/mol. The van der Waals surface area contributed by atoms with Crippen LogP contribution in [0.2, 0.25) is 0 Å². The molecule has 0 bridgehead atoms. The van der Waals surface area contributed by atoms with E-state index in [0.717, 1.165) is 16.0 Å². The number of thioether (sulfide) groups is 1. The van der Waals surface area contributed by atoms with E-state index >= 15 is 0 Å². The smallest absolute Gasteiger partial charge is 0.341 e. The number of thiophene rings is 1. The van der Waals surface area contributed by atoms with Gasteiger partial charge in [0, 0.05) is 34.5 Å². The number of carbonyl (C=O) groups is 5. The van der Waals surface area contributed by atoms with E-state index < -0.39 is 17.8 Å². The van der Waals surface area contributed by atoms with E-state index in [1.807, 2.05) is 36.4 Å². The standard InChI is InChI=1S/C43H40N4O7S2/c1-3-53-43(52)39-35-21-22-47(28(2)48)25-37(35)56-42(39)46-38(49)27-55-34-16-10-15-32(24-34)44-41(51)36(45-40(50)31-13-8-5-9-14-31)23-29-17-19-33(20-18-29)54-26-30-11-6-4-7-12-30/h4-20,23-24H,3,21-22,25-27H2,1-2H3,(H,44,51)(H,45,50)(H,46,49)/b36-23-. The van der Waals surface area contributed by atoms with Gasteiger partial charge in [0.05, 0.1) is 24.5 Å². The lowest BCUT2D eigenvalue weighted by atomic mass is 10.0. The number of nitrogens with one attached hydrogen (secondary N) is 3. The fourth-order valence-corrected chi connectivity index (χ4v) is 7.89. The van der Waals surface area contributed by atoms with Crippen molar-refractivity contribution in [3.8, 4) is 5.75 Å². The summed E-state index contributed by atoms with van der Waals surface area (Å²) in [6, 6.07) is 32.6. The molecular weight excluding hydrogens is 749 g/mol. The average Bonchev–Trinajstić information content (AvgIpc) is 3.57. The number of esters is 1. The van der Waals surface area contributed by atoms with Gasteiger partial charge in [-0.2, -0.15) is 0 Å². The summed E-state index contributed by atoms with van der Waals surface area (Å²) in [6.45, 7) is 4.68. The van der Waals surface area contributed by atoms with Gasteiger partial charge in [0.15, 0.2) is 0 Å². The number of anilines is 2. The number of fused-ring (bicyclic) bond motifs is 1. The molecule has 6 rings (SSSR count). The van der Waals surface area contributed by atoms with Crippen molar-refractivity contribution in [3.63, 3.8) is 0 Å². The molecule has 13 heteroatoms. The number of hydrogen-bond acceptors (Lipinski definition) is 9. The Morgan fingerprint density at radius 2 is 1.61 bits per heavy atom. The second-order valence-electron chi connectivity index (χ2n) is 12.7. The lowest BCUT2D eigenvalue weighted by Gasteiger charge is -2.25. The van der Waals surface area contributed by atoms with E-state index in [4.69, 9.17) is 9.47 Å². The van der Waals surface area contributed by atoms with Crippen LogP contribution in [-0.4, -0.2) is 53.4 Å². The second kappa shape index (κ2) is 18.9. The molecule has 0 saturated carbocycles. The minimum atomic E-state index is -0.546. The van der Waals surface area contributed by atoms with Gasteiger partial charge in [-0.3, -0.25) is 19.2 Å². The Balaban J connectivity index is 1.12. The zero-order valence-corrected chi connectivity index (χ0v) is 32.5. The molecule has 56 heavy (non-hydrogen) atoms. The Labute approximate surface area is 333 Å². The summed E-state index contributed by atoms with van der Waals surface area (Å²) in [5.41, 5.74) is 3.72. The SMILES string of the molecule is CCOC(=O)c1c(NC(=O)CSc2cccc(NC(=O)/C(=C/c3ccc(OCc4ccccc4)cc3)NC(=O)c3ccccc3)c2)sc2c1CCN(C(C)=O)C2. The predicted molar refractivity (Wildman–Crippen MR) is 219 cm³/mol. The fourth-order valence-electron chi connectivity index (χ4n) is 5.86. The number of nitrogens with zero attached hydrogens (tertiary/aromatic N) is 1. The van der Waals surface area contributed by atoms with Crippen LogP contribution in [0.1, 0.15) is 56.1 Å². The quantitative estimate of drug-likeness (QED) is 0.0595. The van der Waals surface area contributed by atoms with Crippen molar-refractivity contribution >= 4 is 69.5 Å². The molecule has 0 spiro atoms. The van der Waals surface area contributed by atoms with Gasteiger partial charge in [-0.05, 0) is 78.6 Å². The van der Waals surface area contributed by atoms with Gasteiger partial charge in [0.25, 0.3) is 11.8 Å². The van der Waals surface area contributed by atoms with Crippen molar-refractivity contribution in [2.24, 2.45) is 0 Å². The molecule has 286 valence electrons. The lowest BCUT2D eigenvalue weighted by molar-refractivity contribution is -0.129. The van der Waals surface area contributed by atoms with Crippen molar-refractivity contribution in [3.05, 3.63) is 148 Å². The Morgan fingerprint density at radius 3 is 2.32 bits per heavy atom. The van der Waals surface area contributed by atoms with E-state index in [2.05, 4.69) is 16.0 Å². The zero-order chi connectivity index (χ0) is 39.4. The Bertz CT molecular complexity index is 2240. The van der Waals surface area contributed by atoms with Gasteiger partial charge in [-0.15, -0.1) is 23.1 Å². The van der Waals surface area contributed by atoms with Crippen LogP contribution in [0, 0.1) is 0 Å². The third-order valence-electron chi connectivity index (χ3n) is 8.66. The van der Waals surface area contributed by atoms with Crippen molar-refractivity contribution < 1.29 is 33.4 Å². The van der Waals surface area contributed by atoms with Crippen LogP contribution in [-0.2, 0) is 38.7 Å². The summed E-state index contributed by atoms with van der Waals surface area (Å²) in [6.07, 6.45) is 2.08. The summed E-state index contributed by atoms with van der Waals surface area (Å²) in [5.74, 6) is -1.21. The largest absolute Gasteiger partial charge is 0.489 e. The molecular formula is C43H40N4O7S2. The van der Waals surface area contributed by atoms with Gasteiger partial charge in [0.2, 0.25) is 11.8 Å². The fraction of sp³-hybridized carbons (Fsp3) is 0.186. The van der Waals surface area contributed by atoms with Crippen LogP contribution in [0.4, 0.5) is 10.7 Å².